The third-order valence-corrected chi connectivity index (χ3v) is 8.85. The first-order valence-electron chi connectivity index (χ1n) is 12.2. The van der Waals surface area contributed by atoms with Gasteiger partial charge in [-0.15, -0.1) is 0 Å². The van der Waals surface area contributed by atoms with Crippen molar-refractivity contribution < 1.29 is 18.6 Å². The van der Waals surface area contributed by atoms with Gasteiger partial charge in [-0.1, -0.05) is 91.0 Å². The smallest absolute Gasteiger partial charge is 0.284 e. The van der Waals surface area contributed by atoms with Gasteiger partial charge in [0.1, 0.15) is 5.78 Å². The van der Waals surface area contributed by atoms with E-state index in [1.807, 2.05) is 112 Å². The molecule has 186 valence electrons. The fourth-order valence-electron chi connectivity index (χ4n) is 4.15. The van der Waals surface area contributed by atoms with Crippen molar-refractivity contribution in [1.29, 1.82) is 0 Å². The van der Waals surface area contributed by atoms with E-state index in [1.165, 1.54) is 0 Å². The molecule has 0 aliphatic carbocycles. The zero-order valence-corrected chi connectivity index (χ0v) is 22.0. The number of benzene rings is 3. The number of rotatable bonds is 13. The van der Waals surface area contributed by atoms with E-state index in [-0.39, 0.29) is 6.61 Å². The van der Waals surface area contributed by atoms with Crippen molar-refractivity contribution in [3.63, 3.8) is 0 Å². The Morgan fingerprint density at radius 2 is 1.23 bits per heavy atom. The van der Waals surface area contributed by atoms with E-state index in [2.05, 4.69) is 0 Å². The lowest BCUT2D eigenvalue weighted by Crippen LogP contribution is -2.38. The molecule has 0 radical (unpaired) electrons. The summed E-state index contributed by atoms with van der Waals surface area (Å²) in [5.74, 6) is -0.733. The Bertz CT molecular complexity index is 1060. The summed E-state index contributed by atoms with van der Waals surface area (Å²) >= 11 is 0. The van der Waals surface area contributed by atoms with Crippen LogP contribution >= 0.6 is 7.37 Å². The standard InChI is InChI=1S/C29H36NO4P/c1-5-32-29(4,33-6-2)35(31,34-7-3)27(23-24-17-11-8-12-18-24)30-28(25-19-13-9-14-20-25)26-21-15-10-16-22-26/h8-22,27H,5-7,23H2,1-4H3/t27-,35-/m0/s1. The van der Waals surface area contributed by atoms with E-state index < -0.39 is 18.7 Å². The SMILES string of the molecule is CCOC(C)(OCC)[P@@](=O)(OCC)[C@@H](Cc1ccccc1)N=C(c1ccccc1)c1ccccc1. The van der Waals surface area contributed by atoms with Gasteiger partial charge in [-0.3, -0.25) is 9.56 Å². The molecule has 0 saturated carbocycles. The summed E-state index contributed by atoms with van der Waals surface area (Å²) in [6.07, 6.45) is 0.414. The molecule has 3 aromatic rings. The molecule has 0 amide bonds. The van der Waals surface area contributed by atoms with Crippen LogP contribution in [-0.2, 0) is 25.0 Å². The maximum atomic E-state index is 14.9. The second-order valence-corrected chi connectivity index (χ2v) is 11.0. The molecule has 3 rings (SSSR count). The molecule has 0 aromatic heterocycles. The minimum absolute atomic E-state index is 0.250. The molecule has 3 aromatic carbocycles. The lowest BCUT2D eigenvalue weighted by Gasteiger charge is -2.39. The summed E-state index contributed by atoms with van der Waals surface area (Å²) in [6, 6.07) is 29.9. The molecule has 0 bridgehead atoms. The minimum atomic E-state index is -3.68. The van der Waals surface area contributed by atoms with E-state index >= 15 is 0 Å². The van der Waals surface area contributed by atoms with Crippen molar-refractivity contribution in [2.45, 2.75) is 45.4 Å². The maximum Gasteiger partial charge on any atom is 0.284 e. The molecule has 2 atom stereocenters. The zero-order chi connectivity index (χ0) is 25.2. The highest BCUT2D eigenvalue weighted by atomic mass is 31.2. The van der Waals surface area contributed by atoms with Gasteiger partial charge in [-0.2, -0.15) is 0 Å². The van der Waals surface area contributed by atoms with Gasteiger partial charge in [-0.25, -0.2) is 0 Å². The van der Waals surface area contributed by atoms with Crippen molar-refractivity contribution in [3.8, 4) is 0 Å². The molecule has 35 heavy (non-hydrogen) atoms. The first-order valence-corrected chi connectivity index (χ1v) is 13.9. The lowest BCUT2D eigenvalue weighted by atomic mass is 10.0. The Labute approximate surface area is 209 Å². The highest BCUT2D eigenvalue weighted by Gasteiger charge is 2.53. The van der Waals surface area contributed by atoms with Gasteiger partial charge >= 0.3 is 0 Å². The fraction of sp³-hybridized carbons (Fsp3) is 0.345. The third-order valence-electron chi connectivity index (χ3n) is 5.74. The van der Waals surface area contributed by atoms with Gasteiger partial charge in [0.05, 0.1) is 12.3 Å². The van der Waals surface area contributed by atoms with Gasteiger partial charge in [0.25, 0.3) is 7.37 Å². The fourth-order valence-corrected chi connectivity index (χ4v) is 6.81. The molecule has 5 nitrogen and oxygen atoms in total. The van der Waals surface area contributed by atoms with Crippen LogP contribution in [0.1, 0.15) is 44.4 Å². The number of ether oxygens (including phenoxy) is 2. The Hall–Kier alpha value is -2.56. The summed E-state index contributed by atoms with van der Waals surface area (Å²) in [5, 5.41) is 0. The van der Waals surface area contributed by atoms with Gasteiger partial charge in [-0.05, 0) is 33.3 Å². The molecule has 0 aliphatic heterocycles. The molecule has 0 saturated heterocycles. The van der Waals surface area contributed by atoms with Gasteiger partial charge in [0.2, 0.25) is 5.53 Å². The highest BCUT2D eigenvalue weighted by Crippen LogP contribution is 2.65. The average molecular weight is 494 g/mol. The molecule has 0 spiro atoms. The summed E-state index contributed by atoms with van der Waals surface area (Å²) in [6.45, 7) is 8.20. The molecule has 0 aliphatic rings. The van der Waals surface area contributed by atoms with Crippen molar-refractivity contribution in [2.75, 3.05) is 19.8 Å². The van der Waals surface area contributed by atoms with Crippen molar-refractivity contribution in [2.24, 2.45) is 4.99 Å². The van der Waals surface area contributed by atoms with Gasteiger partial charge < -0.3 is 14.0 Å². The Balaban J connectivity index is 2.25. The Kier molecular flexibility index (Phi) is 10.00. The molecule has 0 heterocycles. The number of nitrogens with zero attached hydrogens (tertiary/aromatic N) is 1. The van der Waals surface area contributed by atoms with Crippen LogP contribution in [0.15, 0.2) is 96.0 Å². The summed E-state index contributed by atoms with van der Waals surface area (Å²) < 4.78 is 33.1. The molecule has 0 unspecified atom stereocenters. The van der Waals surface area contributed by atoms with Crippen LogP contribution in [-0.4, -0.2) is 36.8 Å². The number of hydrogen-bond donors (Lipinski definition) is 0. The van der Waals surface area contributed by atoms with E-state index in [0.29, 0.717) is 19.6 Å². The second kappa shape index (κ2) is 12.9. The molecule has 0 N–H and O–H groups in total. The van der Waals surface area contributed by atoms with Crippen LogP contribution in [0.4, 0.5) is 0 Å². The largest absolute Gasteiger partial charge is 0.342 e. The molecule has 0 fully saturated rings. The predicted molar refractivity (Wildman–Crippen MR) is 143 cm³/mol. The van der Waals surface area contributed by atoms with Crippen molar-refractivity contribution >= 4 is 13.1 Å². The van der Waals surface area contributed by atoms with Crippen LogP contribution < -0.4 is 0 Å². The quantitative estimate of drug-likeness (QED) is 0.144. The number of hydrogen-bond acceptors (Lipinski definition) is 5. The Morgan fingerprint density at radius 3 is 1.66 bits per heavy atom. The van der Waals surface area contributed by atoms with Crippen LogP contribution in [0.5, 0.6) is 0 Å². The average Bonchev–Trinajstić information content (AvgIpc) is 2.88. The van der Waals surface area contributed by atoms with E-state index in [1.54, 1.807) is 6.92 Å². The summed E-state index contributed by atoms with van der Waals surface area (Å²) in [4.78, 5) is 5.20. The molecular formula is C29H36NO4P. The first-order chi connectivity index (χ1) is 17.0. The van der Waals surface area contributed by atoms with E-state index in [9.17, 15) is 4.57 Å². The van der Waals surface area contributed by atoms with E-state index in [4.69, 9.17) is 19.0 Å². The van der Waals surface area contributed by atoms with Gasteiger partial charge in [0, 0.05) is 30.8 Å². The molecular weight excluding hydrogens is 457 g/mol. The van der Waals surface area contributed by atoms with Crippen molar-refractivity contribution in [1.82, 2.24) is 0 Å². The van der Waals surface area contributed by atoms with Crippen molar-refractivity contribution in [3.05, 3.63) is 108 Å². The van der Waals surface area contributed by atoms with Crippen LogP contribution in [0.2, 0.25) is 0 Å². The predicted octanol–water partition coefficient (Wildman–Crippen LogP) is 7.15. The number of aliphatic imine (C=N–C) groups is 1. The van der Waals surface area contributed by atoms with E-state index in [0.717, 1.165) is 22.4 Å². The Morgan fingerprint density at radius 1 is 0.771 bits per heavy atom. The second-order valence-electron chi connectivity index (χ2n) is 8.16. The molecule has 6 heteroatoms. The minimum Gasteiger partial charge on any atom is -0.342 e. The first kappa shape index (κ1) is 27.0. The van der Waals surface area contributed by atoms with Gasteiger partial charge in [0.15, 0.2) is 0 Å². The van der Waals surface area contributed by atoms with Crippen LogP contribution in [0, 0.1) is 0 Å². The normalized spacial score (nSPS) is 14.2. The summed E-state index contributed by atoms with van der Waals surface area (Å²) in [7, 11) is -3.68. The van der Waals surface area contributed by atoms with Crippen LogP contribution in [0.3, 0.4) is 0 Å². The highest BCUT2D eigenvalue weighted by molar-refractivity contribution is 7.61. The summed E-state index contributed by atoms with van der Waals surface area (Å²) in [5.41, 5.74) is 2.21. The monoisotopic (exact) mass is 493 g/mol. The topological polar surface area (TPSA) is 57.1 Å². The third kappa shape index (κ3) is 6.56. The maximum absolute atomic E-state index is 14.9. The lowest BCUT2D eigenvalue weighted by molar-refractivity contribution is -0.168. The van der Waals surface area contributed by atoms with Crippen LogP contribution in [0.25, 0.3) is 0 Å². The zero-order valence-electron chi connectivity index (χ0n) is 21.1.